The summed E-state index contributed by atoms with van der Waals surface area (Å²) in [5, 5.41) is 5.08. The van der Waals surface area contributed by atoms with Crippen LogP contribution in [0, 0.1) is 0 Å². The van der Waals surface area contributed by atoms with Gasteiger partial charge in [-0.2, -0.15) is 4.98 Å². The number of fused-ring (bicyclic) bond motifs is 1. The first-order valence-electron chi connectivity index (χ1n) is 8.84. The Kier molecular flexibility index (Phi) is 5.99. The molecule has 9 heteroatoms. The predicted molar refractivity (Wildman–Crippen MR) is 105 cm³/mol. The molecule has 29 heavy (non-hydrogen) atoms. The minimum absolute atomic E-state index is 0.0571. The molecule has 2 heterocycles. The summed E-state index contributed by atoms with van der Waals surface area (Å²) < 4.78 is 21.3. The molecular weight excluding hydrogens is 419 g/mol. The molecule has 1 aromatic heterocycles. The molecule has 0 saturated carbocycles. The molecule has 0 amide bonds. The van der Waals surface area contributed by atoms with E-state index in [1.54, 1.807) is 36.4 Å². The van der Waals surface area contributed by atoms with Gasteiger partial charge in [-0.05, 0) is 36.4 Å². The zero-order chi connectivity index (χ0) is 20.2. The highest BCUT2D eigenvalue weighted by Gasteiger charge is 2.18. The average molecular weight is 435 g/mol. The number of aromatic nitrogens is 2. The van der Waals surface area contributed by atoms with E-state index < -0.39 is 5.97 Å². The van der Waals surface area contributed by atoms with Crippen molar-refractivity contribution < 1.29 is 23.5 Å². The van der Waals surface area contributed by atoms with Crippen molar-refractivity contribution in [1.29, 1.82) is 0 Å². The second-order valence-corrected chi connectivity index (χ2v) is 7.22. The number of rotatable bonds is 6. The Labute approximate surface area is 176 Å². The van der Waals surface area contributed by atoms with E-state index in [1.165, 1.54) is 0 Å². The second kappa shape index (κ2) is 8.82. The van der Waals surface area contributed by atoms with E-state index in [2.05, 4.69) is 10.1 Å². The van der Waals surface area contributed by atoms with E-state index >= 15 is 0 Å². The summed E-state index contributed by atoms with van der Waals surface area (Å²) in [6.45, 7) is 0.619. The van der Waals surface area contributed by atoms with Gasteiger partial charge < -0.3 is 18.7 Å². The average Bonchev–Trinajstić information content (AvgIpc) is 3.20. The lowest BCUT2D eigenvalue weighted by Gasteiger charge is -2.21. The third-order valence-electron chi connectivity index (χ3n) is 4.25. The Morgan fingerprint density at radius 3 is 2.79 bits per heavy atom. The van der Waals surface area contributed by atoms with Crippen LogP contribution in [-0.4, -0.2) is 22.9 Å². The van der Waals surface area contributed by atoms with Gasteiger partial charge in [0.15, 0.2) is 6.79 Å². The molecule has 0 fully saturated rings. The number of benzene rings is 2. The Bertz CT molecular complexity index is 1020. The van der Waals surface area contributed by atoms with Gasteiger partial charge in [-0.15, -0.1) is 0 Å². The summed E-state index contributed by atoms with van der Waals surface area (Å²) in [6.07, 6.45) is 0.381. The fraction of sp³-hybridized carbons (Fsp3) is 0.250. The van der Waals surface area contributed by atoms with Crippen molar-refractivity contribution in [2.45, 2.75) is 26.1 Å². The summed E-state index contributed by atoms with van der Waals surface area (Å²) in [5.74, 6) is 1.05. The predicted octanol–water partition coefficient (Wildman–Crippen LogP) is 4.59. The fourth-order valence-electron chi connectivity index (χ4n) is 2.88. The van der Waals surface area contributed by atoms with E-state index in [1.807, 2.05) is 0 Å². The zero-order valence-electron chi connectivity index (χ0n) is 15.2. The molecule has 0 unspecified atom stereocenters. The highest BCUT2D eigenvalue weighted by atomic mass is 35.5. The number of nitrogens with zero attached hydrogens (tertiary/aromatic N) is 2. The first-order chi connectivity index (χ1) is 14.1. The molecule has 0 bridgehead atoms. The van der Waals surface area contributed by atoms with Crippen molar-refractivity contribution in [3.05, 3.63) is 63.5 Å². The number of carbonyl (C=O) groups excluding carboxylic acids is 1. The van der Waals surface area contributed by atoms with E-state index in [0.29, 0.717) is 39.7 Å². The molecule has 2 aromatic carbocycles. The fourth-order valence-corrected chi connectivity index (χ4v) is 3.27. The van der Waals surface area contributed by atoms with Gasteiger partial charge in [-0.3, -0.25) is 4.79 Å². The summed E-state index contributed by atoms with van der Waals surface area (Å²) in [6, 6.07) is 10.6. The van der Waals surface area contributed by atoms with Gasteiger partial charge in [0.25, 0.3) is 0 Å². The topological polar surface area (TPSA) is 83.7 Å². The SMILES string of the molecule is O=C(CCc1nc(-c2ccc(Cl)cc2)no1)OCc1cc(Cl)cc2c1OCOC2. The lowest BCUT2D eigenvalue weighted by Crippen LogP contribution is -2.14. The zero-order valence-corrected chi connectivity index (χ0v) is 16.7. The van der Waals surface area contributed by atoms with Gasteiger partial charge in [0.05, 0.1) is 13.0 Å². The van der Waals surface area contributed by atoms with Crippen LogP contribution in [0.3, 0.4) is 0 Å². The van der Waals surface area contributed by atoms with E-state index in [-0.39, 0.29) is 26.2 Å². The van der Waals surface area contributed by atoms with Crippen LogP contribution in [0.15, 0.2) is 40.9 Å². The third-order valence-corrected chi connectivity index (χ3v) is 4.72. The molecule has 0 atom stereocenters. The molecule has 4 rings (SSSR count). The number of halogens is 2. The van der Waals surface area contributed by atoms with Crippen LogP contribution in [0.2, 0.25) is 10.0 Å². The number of hydrogen-bond acceptors (Lipinski definition) is 7. The van der Waals surface area contributed by atoms with Crippen molar-refractivity contribution in [2.75, 3.05) is 6.79 Å². The molecule has 1 aliphatic rings. The second-order valence-electron chi connectivity index (χ2n) is 6.34. The first kappa shape index (κ1) is 19.7. The lowest BCUT2D eigenvalue weighted by molar-refractivity contribution is -0.145. The summed E-state index contributed by atoms with van der Waals surface area (Å²) in [7, 11) is 0. The van der Waals surface area contributed by atoms with E-state index in [4.69, 9.17) is 41.9 Å². The molecule has 0 aliphatic carbocycles. The van der Waals surface area contributed by atoms with Gasteiger partial charge in [0, 0.05) is 33.2 Å². The molecule has 7 nitrogen and oxygen atoms in total. The molecule has 3 aromatic rings. The van der Waals surface area contributed by atoms with Crippen molar-refractivity contribution >= 4 is 29.2 Å². The van der Waals surface area contributed by atoms with Crippen molar-refractivity contribution in [3.8, 4) is 17.1 Å². The van der Waals surface area contributed by atoms with Gasteiger partial charge in [-0.1, -0.05) is 28.4 Å². The summed E-state index contributed by atoms with van der Waals surface area (Å²) in [4.78, 5) is 16.4. The van der Waals surface area contributed by atoms with Crippen LogP contribution < -0.4 is 4.74 Å². The maximum Gasteiger partial charge on any atom is 0.306 e. The maximum atomic E-state index is 12.1. The monoisotopic (exact) mass is 434 g/mol. The number of hydrogen-bond donors (Lipinski definition) is 0. The number of esters is 1. The molecule has 150 valence electrons. The van der Waals surface area contributed by atoms with Crippen molar-refractivity contribution in [3.63, 3.8) is 0 Å². The Morgan fingerprint density at radius 2 is 1.97 bits per heavy atom. The van der Waals surface area contributed by atoms with Gasteiger partial charge in [0.2, 0.25) is 11.7 Å². The van der Waals surface area contributed by atoms with E-state index in [0.717, 1.165) is 11.1 Å². The van der Waals surface area contributed by atoms with Crippen molar-refractivity contribution in [1.82, 2.24) is 10.1 Å². The normalized spacial score (nSPS) is 12.9. The Balaban J connectivity index is 1.32. The Morgan fingerprint density at radius 1 is 1.14 bits per heavy atom. The largest absolute Gasteiger partial charge is 0.467 e. The molecule has 0 radical (unpaired) electrons. The molecule has 0 saturated heterocycles. The first-order valence-corrected chi connectivity index (χ1v) is 9.60. The standard InChI is InChI=1S/C20H16Cl2N2O5/c21-15-3-1-12(2-4-15)20-23-17(29-24-20)5-6-18(25)27-10-14-8-16(22)7-13-9-26-11-28-19(13)14/h1-4,7-8H,5-6,9-11H2. The third kappa shape index (κ3) is 4.87. The van der Waals surface area contributed by atoms with Crippen molar-refractivity contribution in [2.24, 2.45) is 0 Å². The van der Waals surface area contributed by atoms with Crippen LogP contribution in [0.4, 0.5) is 0 Å². The highest BCUT2D eigenvalue weighted by molar-refractivity contribution is 6.31. The summed E-state index contributed by atoms with van der Waals surface area (Å²) in [5.41, 5.74) is 2.31. The van der Waals surface area contributed by atoms with Crippen LogP contribution in [0.25, 0.3) is 11.4 Å². The lowest BCUT2D eigenvalue weighted by atomic mass is 10.1. The molecule has 1 aliphatic heterocycles. The van der Waals surface area contributed by atoms with Crippen LogP contribution in [0.1, 0.15) is 23.4 Å². The van der Waals surface area contributed by atoms with Gasteiger partial charge in [0.1, 0.15) is 12.4 Å². The van der Waals surface area contributed by atoms with E-state index in [9.17, 15) is 4.79 Å². The minimum atomic E-state index is -0.392. The Hall–Kier alpha value is -2.61. The molecule has 0 spiro atoms. The minimum Gasteiger partial charge on any atom is -0.467 e. The van der Waals surface area contributed by atoms with Crippen LogP contribution >= 0.6 is 23.2 Å². The number of aryl methyl sites for hydroxylation is 1. The quantitative estimate of drug-likeness (QED) is 0.524. The molecular formula is C20H16Cl2N2O5. The molecule has 0 N–H and O–H groups in total. The highest BCUT2D eigenvalue weighted by Crippen LogP contribution is 2.32. The maximum absolute atomic E-state index is 12.1. The number of ether oxygens (including phenoxy) is 3. The number of carbonyl (C=O) groups is 1. The van der Waals surface area contributed by atoms with Gasteiger partial charge >= 0.3 is 5.97 Å². The summed E-state index contributed by atoms with van der Waals surface area (Å²) >= 11 is 12.0. The smallest absolute Gasteiger partial charge is 0.306 e. The van der Waals surface area contributed by atoms with Crippen LogP contribution in [-0.2, 0) is 33.9 Å². The van der Waals surface area contributed by atoms with Gasteiger partial charge in [-0.25, -0.2) is 0 Å². The van der Waals surface area contributed by atoms with Crippen LogP contribution in [0.5, 0.6) is 5.75 Å².